The standard InChI is InChI=1S/C29H20N2O5/c1-2-20-10-9-11-23(16-20)30-29(34)31-24-18-21(27(32)35-25-12-5-3-6-13-25)17-22(19-24)28(33)36-26-14-7-4-8-15-26/h1,3-19H,(H2,30,31,34). The van der Waals surface area contributed by atoms with Crippen LogP contribution >= 0.6 is 0 Å². The molecule has 0 fully saturated rings. The van der Waals surface area contributed by atoms with Crippen molar-refractivity contribution in [1.82, 2.24) is 0 Å². The first-order valence-electron chi connectivity index (χ1n) is 10.8. The number of carbonyl (C=O) groups excluding carboxylic acids is 3. The predicted octanol–water partition coefficient (Wildman–Crippen LogP) is 5.75. The molecule has 2 N–H and O–H groups in total. The second-order valence-electron chi connectivity index (χ2n) is 7.51. The van der Waals surface area contributed by atoms with E-state index >= 15 is 0 Å². The predicted molar refractivity (Wildman–Crippen MR) is 136 cm³/mol. The van der Waals surface area contributed by atoms with Gasteiger partial charge in [0.2, 0.25) is 0 Å². The Hall–Kier alpha value is -5.35. The molecule has 0 aliphatic heterocycles. The van der Waals surface area contributed by atoms with Crippen molar-refractivity contribution in [2.24, 2.45) is 0 Å². The topological polar surface area (TPSA) is 93.7 Å². The number of carbonyl (C=O) groups is 3. The number of nitrogens with one attached hydrogen (secondary N) is 2. The van der Waals surface area contributed by atoms with Gasteiger partial charge in [-0.1, -0.05) is 48.4 Å². The summed E-state index contributed by atoms with van der Waals surface area (Å²) in [6, 6.07) is 27.3. The van der Waals surface area contributed by atoms with E-state index in [-0.39, 0.29) is 16.8 Å². The molecular weight excluding hydrogens is 456 g/mol. The molecule has 4 aromatic rings. The Kier molecular flexibility index (Phi) is 7.39. The lowest BCUT2D eigenvalue weighted by atomic mass is 10.1. The molecule has 0 aromatic heterocycles. The van der Waals surface area contributed by atoms with Crippen LogP contribution in [0.25, 0.3) is 0 Å². The Bertz CT molecular complexity index is 1370. The number of hydrogen-bond donors (Lipinski definition) is 2. The van der Waals surface area contributed by atoms with Gasteiger partial charge >= 0.3 is 18.0 Å². The highest BCUT2D eigenvalue weighted by molar-refractivity contribution is 6.03. The summed E-state index contributed by atoms with van der Waals surface area (Å²) in [5.74, 6) is 1.75. The molecule has 0 spiro atoms. The van der Waals surface area contributed by atoms with E-state index in [1.54, 1.807) is 84.9 Å². The zero-order chi connectivity index (χ0) is 25.3. The molecule has 36 heavy (non-hydrogen) atoms. The molecule has 176 valence electrons. The van der Waals surface area contributed by atoms with Gasteiger partial charge in [-0.25, -0.2) is 14.4 Å². The van der Waals surface area contributed by atoms with Gasteiger partial charge in [0.1, 0.15) is 11.5 Å². The molecule has 0 aliphatic rings. The number of benzene rings is 4. The second-order valence-corrected chi connectivity index (χ2v) is 7.51. The average Bonchev–Trinajstić information content (AvgIpc) is 2.89. The largest absolute Gasteiger partial charge is 0.423 e. The lowest BCUT2D eigenvalue weighted by Crippen LogP contribution is -2.21. The van der Waals surface area contributed by atoms with E-state index < -0.39 is 18.0 Å². The number of para-hydroxylation sites is 2. The normalized spacial score (nSPS) is 9.97. The van der Waals surface area contributed by atoms with Gasteiger partial charge in [0.25, 0.3) is 0 Å². The van der Waals surface area contributed by atoms with Crippen LogP contribution in [-0.2, 0) is 0 Å². The lowest BCUT2D eigenvalue weighted by molar-refractivity contribution is 0.0734. The fourth-order valence-corrected chi connectivity index (χ4v) is 3.22. The number of esters is 2. The Labute approximate surface area is 207 Å². The summed E-state index contributed by atoms with van der Waals surface area (Å²) < 4.78 is 10.8. The molecule has 0 radical (unpaired) electrons. The van der Waals surface area contributed by atoms with Crippen molar-refractivity contribution in [2.75, 3.05) is 10.6 Å². The van der Waals surface area contributed by atoms with Gasteiger partial charge in [0, 0.05) is 16.9 Å². The molecule has 0 unspecified atom stereocenters. The number of rotatable bonds is 6. The third-order valence-corrected chi connectivity index (χ3v) is 4.86. The molecule has 0 aliphatic carbocycles. The van der Waals surface area contributed by atoms with Crippen molar-refractivity contribution in [3.8, 4) is 23.8 Å². The average molecular weight is 476 g/mol. The van der Waals surface area contributed by atoms with Gasteiger partial charge in [-0.05, 0) is 60.7 Å². The number of terminal acetylenes is 1. The summed E-state index contributed by atoms with van der Waals surface area (Å²) in [6.45, 7) is 0. The first kappa shape index (κ1) is 23.8. The molecule has 7 heteroatoms. The maximum Gasteiger partial charge on any atom is 0.343 e. The van der Waals surface area contributed by atoms with Crippen LogP contribution in [0.3, 0.4) is 0 Å². The van der Waals surface area contributed by atoms with Crippen LogP contribution in [0.4, 0.5) is 16.2 Å². The van der Waals surface area contributed by atoms with Crippen LogP contribution in [0.15, 0.2) is 103 Å². The van der Waals surface area contributed by atoms with Crippen molar-refractivity contribution in [3.63, 3.8) is 0 Å². The summed E-state index contributed by atoms with van der Waals surface area (Å²) in [5, 5.41) is 5.29. The zero-order valence-electron chi connectivity index (χ0n) is 18.9. The van der Waals surface area contributed by atoms with Gasteiger partial charge in [0.15, 0.2) is 0 Å². The Morgan fingerprint density at radius 3 is 1.67 bits per heavy atom. The van der Waals surface area contributed by atoms with E-state index in [2.05, 4.69) is 16.6 Å². The van der Waals surface area contributed by atoms with Gasteiger partial charge in [-0.3, -0.25) is 0 Å². The van der Waals surface area contributed by atoms with Crippen molar-refractivity contribution in [2.45, 2.75) is 0 Å². The fraction of sp³-hybridized carbons (Fsp3) is 0. The molecule has 0 atom stereocenters. The van der Waals surface area contributed by atoms with Crippen LogP contribution < -0.4 is 20.1 Å². The molecule has 0 bridgehead atoms. The highest BCUT2D eigenvalue weighted by atomic mass is 16.5. The van der Waals surface area contributed by atoms with E-state index in [1.807, 2.05) is 0 Å². The minimum atomic E-state index is -0.708. The van der Waals surface area contributed by atoms with E-state index in [1.165, 1.54) is 18.2 Å². The minimum Gasteiger partial charge on any atom is -0.423 e. The smallest absolute Gasteiger partial charge is 0.343 e. The van der Waals surface area contributed by atoms with Gasteiger partial charge in [-0.2, -0.15) is 0 Å². The van der Waals surface area contributed by atoms with Crippen LogP contribution in [0.1, 0.15) is 26.3 Å². The number of hydrogen-bond acceptors (Lipinski definition) is 5. The number of amides is 2. The fourth-order valence-electron chi connectivity index (χ4n) is 3.22. The van der Waals surface area contributed by atoms with Gasteiger partial charge < -0.3 is 20.1 Å². The number of ether oxygens (including phenoxy) is 2. The van der Waals surface area contributed by atoms with Crippen LogP contribution in [-0.4, -0.2) is 18.0 Å². The summed E-state index contributed by atoms with van der Waals surface area (Å²) in [5.41, 5.74) is 1.36. The minimum absolute atomic E-state index is 0.0472. The maximum absolute atomic E-state index is 12.8. The molecule has 0 saturated carbocycles. The first-order chi connectivity index (χ1) is 17.5. The number of anilines is 2. The Morgan fingerprint density at radius 1 is 0.611 bits per heavy atom. The molecule has 4 aromatic carbocycles. The van der Waals surface area contributed by atoms with E-state index in [9.17, 15) is 14.4 Å². The molecule has 7 nitrogen and oxygen atoms in total. The molecule has 4 rings (SSSR count). The highest BCUT2D eigenvalue weighted by Crippen LogP contribution is 2.21. The highest BCUT2D eigenvalue weighted by Gasteiger charge is 2.17. The van der Waals surface area contributed by atoms with E-state index in [4.69, 9.17) is 15.9 Å². The van der Waals surface area contributed by atoms with Gasteiger partial charge in [0.05, 0.1) is 11.1 Å². The summed E-state index contributed by atoms with van der Waals surface area (Å²) >= 11 is 0. The molecule has 2 amide bonds. The van der Waals surface area contributed by atoms with Crippen molar-refractivity contribution < 1.29 is 23.9 Å². The monoisotopic (exact) mass is 476 g/mol. The quantitative estimate of drug-likeness (QED) is 0.210. The SMILES string of the molecule is C#Cc1cccc(NC(=O)Nc2cc(C(=O)Oc3ccccc3)cc(C(=O)Oc3ccccc3)c2)c1. The van der Waals surface area contributed by atoms with Crippen molar-refractivity contribution >= 4 is 29.3 Å². The van der Waals surface area contributed by atoms with Crippen LogP contribution in [0.5, 0.6) is 11.5 Å². The molecule has 0 heterocycles. The van der Waals surface area contributed by atoms with Crippen LogP contribution in [0, 0.1) is 12.3 Å². The summed E-state index contributed by atoms with van der Waals surface area (Å²) in [7, 11) is 0. The maximum atomic E-state index is 12.8. The Morgan fingerprint density at radius 2 is 1.14 bits per heavy atom. The lowest BCUT2D eigenvalue weighted by Gasteiger charge is -2.12. The van der Waals surface area contributed by atoms with Gasteiger partial charge in [-0.15, -0.1) is 6.42 Å². The summed E-state index contributed by atoms with van der Waals surface area (Å²) in [6.07, 6.45) is 5.41. The second kappa shape index (κ2) is 11.2. The number of urea groups is 1. The van der Waals surface area contributed by atoms with Crippen LogP contribution in [0.2, 0.25) is 0 Å². The Balaban J connectivity index is 1.59. The van der Waals surface area contributed by atoms with E-state index in [0.717, 1.165) is 0 Å². The van der Waals surface area contributed by atoms with Crippen molar-refractivity contribution in [3.05, 3.63) is 120 Å². The van der Waals surface area contributed by atoms with E-state index in [0.29, 0.717) is 22.7 Å². The summed E-state index contributed by atoms with van der Waals surface area (Å²) in [4.78, 5) is 38.3. The zero-order valence-corrected chi connectivity index (χ0v) is 18.9. The molecule has 0 saturated heterocycles. The molecular formula is C29H20N2O5. The third kappa shape index (κ3) is 6.37. The van der Waals surface area contributed by atoms with Crippen molar-refractivity contribution in [1.29, 1.82) is 0 Å². The third-order valence-electron chi connectivity index (χ3n) is 4.86. The first-order valence-corrected chi connectivity index (χ1v) is 10.8.